The molecule has 0 unspecified atom stereocenters. The van der Waals surface area contributed by atoms with E-state index in [1.807, 2.05) is 43.3 Å². The monoisotopic (exact) mass is 562 g/mol. The molecule has 1 amide bonds. The third kappa shape index (κ3) is 6.78. The zero-order valence-corrected chi connectivity index (χ0v) is 21.8. The highest BCUT2D eigenvalue weighted by molar-refractivity contribution is 7.99. The third-order valence-electron chi connectivity index (χ3n) is 5.32. The fourth-order valence-corrected chi connectivity index (χ4v) is 4.31. The Morgan fingerprint density at radius 1 is 1.03 bits per heavy atom. The standard InChI is InChI=1S/C26H22ClF3N4O3S/c1-16-3-8-20(9-4-16)37-14-23-32-33-25(34(23)18-6-10-19(36-2)11-7-18)38-15-24(35)31-22-13-17(26(28,29)30)5-12-21(22)27/h3-13H,14-15H2,1-2H3,(H,31,35). The average molecular weight is 563 g/mol. The number of rotatable bonds is 9. The van der Waals surface area contributed by atoms with Crippen LogP contribution in [0.3, 0.4) is 0 Å². The second kappa shape index (κ2) is 11.8. The Kier molecular flexibility index (Phi) is 8.48. The molecule has 7 nitrogen and oxygen atoms in total. The van der Waals surface area contributed by atoms with Crippen LogP contribution in [0.2, 0.25) is 5.02 Å². The second-order valence-electron chi connectivity index (χ2n) is 8.06. The lowest BCUT2D eigenvalue weighted by molar-refractivity contribution is -0.137. The normalized spacial score (nSPS) is 11.3. The molecule has 0 fully saturated rings. The summed E-state index contributed by atoms with van der Waals surface area (Å²) in [6, 6.07) is 17.5. The van der Waals surface area contributed by atoms with Crippen LogP contribution in [0.25, 0.3) is 5.69 Å². The lowest BCUT2D eigenvalue weighted by atomic mass is 10.2. The van der Waals surface area contributed by atoms with Crippen LogP contribution in [0, 0.1) is 6.92 Å². The van der Waals surface area contributed by atoms with Crippen molar-refractivity contribution in [2.75, 3.05) is 18.2 Å². The number of ether oxygens (including phenoxy) is 2. The molecule has 12 heteroatoms. The van der Waals surface area contributed by atoms with E-state index in [1.165, 1.54) is 0 Å². The van der Waals surface area contributed by atoms with Crippen molar-refractivity contribution in [2.24, 2.45) is 0 Å². The molecule has 0 aliphatic carbocycles. The van der Waals surface area contributed by atoms with Gasteiger partial charge in [-0.25, -0.2) is 0 Å². The molecule has 0 spiro atoms. The Bertz CT molecular complexity index is 1410. The molecule has 198 valence electrons. The number of hydrogen-bond acceptors (Lipinski definition) is 6. The van der Waals surface area contributed by atoms with Gasteiger partial charge in [0.1, 0.15) is 18.1 Å². The van der Waals surface area contributed by atoms with Crippen LogP contribution in [0.5, 0.6) is 11.5 Å². The molecule has 1 heterocycles. The van der Waals surface area contributed by atoms with E-state index in [2.05, 4.69) is 15.5 Å². The van der Waals surface area contributed by atoms with Gasteiger partial charge in [-0.15, -0.1) is 10.2 Å². The number of halogens is 4. The maximum atomic E-state index is 13.1. The van der Waals surface area contributed by atoms with E-state index in [4.69, 9.17) is 21.1 Å². The zero-order chi connectivity index (χ0) is 27.3. The fraction of sp³-hybridized carbons (Fsp3) is 0.192. The molecule has 0 radical (unpaired) electrons. The fourth-order valence-electron chi connectivity index (χ4n) is 3.37. The average Bonchev–Trinajstić information content (AvgIpc) is 3.30. The molecule has 0 bridgehead atoms. The van der Waals surface area contributed by atoms with Crippen LogP contribution in [0.4, 0.5) is 18.9 Å². The molecule has 1 N–H and O–H groups in total. The first kappa shape index (κ1) is 27.3. The van der Waals surface area contributed by atoms with Crippen molar-refractivity contribution in [1.82, 2.24) is 14.8 Å². The van der Waals surface area contributed by atoms with E-state index >= 15 is 0 Å². The van der Waals surface area contributed by atoms with Gasteiger partial charge in [0.25, 0.3) is 0 Å². The summed E-state index contributed by atoms with van der Waals surface area (Å²) in [6.07, 6.45) is -4.56. The molecule has 0 aliphatic heterocycles. The molecule has 38 heavy (non-hydrogen) atoms. The van der Waals surface area contributed by atoms with E-state index in [0.717, 1.165) is 35.5 Å². The van der Waals surface area contributed by atoms with Crippen molar-refractivity contribution in [1.29, 1.82) is 0 Å². The Balaban J connectivity index is 1.52. The van der Waals surface area contributed by atoms with Gasteiger partial charge in [-0.3, -0.25) is 9.36 Å². The Labute approximate surface area is 225 Å². The highest BCUT2D eigenvalue weighted by Gasteiger charge is 2.31. The first-order valence-corrected chi connectivity index (χ1v) is 12.6. The van der Waals surface area contributed by atoms with Crippen LogP contribution in [0.1, 0.15) is 17.0 Å². The number of methoxy groups -OCH3 is 1. The number of alkyl halides is 3. The molecule has 0 saturated carbocycles. The van der Waals surface area contributed by atoms with Crippen LogP contribution >= 0.6 is 23.4 Å². The quantitative estimate of drug-likeness (QED) is 0.233. The largest absolute Gasteiger partial charge is 0.497 e. The SMILES string of the molecule is COc1ccc(-n2c(COc3ccc(C)cc3)nnc2SCC(=O)Nc2cc(C(F)(F)F)ccc2Cl)cc1. The van der Waals surface area contributed by atoms with Crippen molar-refractivity contribution in [3.63, 3.8) is 0 Å². The number of hydrogen-bond donors (Lipinski definition) is 1. The molecule has 1 aromatic heterocycles. The summed E-state index contributed by atoms with van der Waals surface area (Å²) in [5.74, 6) is 1.09. The van der Waals surface area contributed by atoms with Crippen LogP contribution in [-0.4, -0.2) is 33.5 Å². The van der Waals surface area contributed by atoms with E-state index in [-0.39, 0.29) is 23.1 Å². The number of aromatic nitrogens is 3. The van der Waals surface area contributed by atoms with E-state index in [1.54, 1.807) is 23.8 Å². The molecule has 4 rings (SSSR count). The van der Waals surface area contributed by atoms with E-state index < -0.39 is 17.6 Å². The topological polar surface area (TPSA) is 78.3 Å². The number of thioether (sulfide) groups is 1. The number of nitrogens with zero attached hydrogens (tertiary/aromatic N) is 3. The van der Waals surface area contributed by atoms with Crippen LogP contribution < -0.4 is 14.8 Å². The predicted molar refractivity (Wildman–Crippen MR) is 139 cm³/mol. The van der Waals surface area contributed by atoms with Gasteiger partial charge in [0.05, 0.1) is 29.1 Å². The Hall–Kier alpha value is -3.70. The summed E-state index contributed by atoms with van der Waals surface area (Å²) in [7, 11) is 1.56. The van der Waals surface area contributed by atoms with E-state index in [0.29, 0.717) is 28.2 Å². The minimum absolute atomic E-state index is 0.00621. The second-order valence-corrected chi connectivity index (χ2v) is 9.41. The zero-order valence-electron chi connectivity index (χ0n) is 20.3. The first-order chi connectivity index (χ1) is 18.1. The number of benzene rings is 3. The maximum absolute atomic E-state index is 13.1. The van der Waals surface area contributed by atoms with Gasteiger partial charge < -0.3 is 14.8 Å². The van der Waals surface area contributed by atoms with Gasteiger partial charge in [-0.2, -0.15) is 13.2 Å². The van der Waals surface area contributed by atoms with Gasteiger partial charge in [-0.1, -0.05) is 41.1 Å². The van der Waals surface area contributed by atoms with Crippen LogP contribution in [-0.2, 0) is 17.6 Å². The smallest absolute Gasteiger partial charge is 0.416 e. The molecule has 3 aromatic carbocycles. The number of nitrogens with one attached hydrogen (secondary N) is 1. The van der Waals surface area contributed by atoms with Crippen LogP contribution in [0.15, 0.2) is 71.9 Å². The van der Waals surface area contributed by atoms with Crippen molar-refractivity contribution in [3.05, 3.63) is 88.7 Å². The lowest BCUT2D eigenvalue weighted by Gasteiger charge is -2.13. The Morgan fingerprint density at radius 3 is 2.37 bits per heavy atom. The summed E-state index contributed by atoms with van der Waals surface area (Å²) in [4.78, 5) is 12.6. The van der Waals surface area contributed by atoms with E-state index in [9.17, 15) is 18.0 Å². The van der Waals surface area contributed by atoms with Gasteiger partial charge in [0.15, 0.2) is 11.0 Å². The van der Waals surface area contributed by atoms with Crippen molar-refractivity contribution >= 4 is 35.0 Å². The van der Waals surface area contributed by atoms with Crippen molar-refractivity contribution in [3.8, 4) is 17.2 Å². The highest BCUT2D eigenvalue weighted by atomic mass is 35.5. The number of amides is 1. The minimum atomic E-state index is -4.56. The number of aryl methyl sites for hydroxylation is 1. The molecule has 0 saturated heterocycles. The van der Waals surface area contributed by atoms with Gasteiger partial charge >= 0.3 is 6.18 Å². The highest BCUT2D eigenvalue weighted by Crippen LogP contribution is 2.34. The molecule has 0 aliphatic rings. The lowest BCUT2D eigenvalue weighted by Crippen LogP contribution is -2.16. The van der Waals surface area contributed by atoms with Crippen molar-refractivity contribution in [2.45, 2.75) is 24.9 Å². The van der Waals surface area contributed by atoms with Crippen molar-refractivity contribution < 1.29 is 27.4 Å². The van der Waals surface area contributed by atoms with Gasteiger partial charge in [0, 0.05) is 5.69 Å². The summed E-state index contributed by atoms with van der Waals surface area (Å²) < 4.78 is 52.0. The number of carbonyl (C=O) groups excluding carboxylic acids is 1. The number of carbonyl (C=O) groups is 1. The number of anilines is 1. The Morgan fingerprint density at radius 2 is 1.71 bits per heavy atom. The molecular formula is C26H22ClF3N4O3S. The molecule has 0 atom stereocenters. The molecule has 4 aromatic rings. The first-order valence-electron chi connectivity index (χ1n) is 11.2. The summed E-state index contributed by atoms with van der Waals surface area (Å²) in [5.41, 5.74) is 0.766. The summed E-state index contributed by atoms with van der Waals surface area (Å²) in [6.45, 7) is 2.08. The van der Waals surface area contributed by atoms with Gasteiger partial charge in [-0.05, 0) is 61.5 Å². The summed E-state index contributed by atoms with van der Waals surface area (Å²) in [5, 5.41) is 11.3. The van der Waals surface area contributed by atoms with Gasteiger partial charge in [0.2, 0.25) is 5.91 Å². The maximum Gasteiger partial charge on any atom is 0.416 e. The summed E-state index contributed by atoms with van der Waals surface area (Å²) >= 11 is 7.06. The predicted octanol–water partition coefficient (Wildman–Crippen LogP) is 6.57. The third-order valence-corrected chi connectivity index (χ3v) is 6.58. The molecular weight excluding hydrogens is 541 g/mol. The minimum Gasteiger partial charge on any atom is -0.497 e.